The van der Waals surface area contributed by atoms with E-state index >= 15 is 0 Å². The molecule has 92 valence electrons. The van der Waals surface area contributed by atoms with Gasteiger partial charge in [0.05, 0.1) is 10.5 Å². The number of carboxylic acids is 1. The number of hydrogen-bond donors (Lipinski definition) is 3. The third-order valence-electron chi connectivity index (χ3n) is 1.94. The van der Waals surface area contributed by atoms with Gasteiger partial charge in [-0.05, 0) is 18.2 Å². The van der Waals surface area contributed by atoms with Crippen LogP contribution in [0.2, 0.25) is 0 Å². The summed E-state index contributed by atoms with van der Waals surface area (Å²) in [6.07, 6.45) is 1.36. The lowest BCUT2D eigenvalue weighted by Crippen LogP contribution is -2.25. The summed E-state index contributed by atoms with van der Waals surface area (Å²) in [6.45, 7) is 3.39. The van der Waals surface area contributed by atoms with Crippen LogP contribution in [0.1, 0.15) is 10.4 Å². The summed E-state index contributed by atoms with van der Waals surface area (Å²) in [4.78, 5) is 10.6. The van der Waals surface area contributed by atoms with Crippen LogP contribution in [0.4, 0.5) is 5.69 Å². The summed E-state index contributed by atoms with van der Waals surface area (Å²) in [6, 6.07) is 3.59. The van der Waals surface area contributed by atoms with E-state index in [-0.39, 0.29) is 22.7 Å². The molecule has 0 unspecified atom stereocenters. The minimum absolute atomic E-state index is 0.0196. The van der Waals surface area contributed by atoms with E-state index in [1.165, 1.54) is 12.1 Å². The van der Waals surface area contributed by atoms with E-state index in [2.05, 4.69) is 11.3 Å². The van der Waals surface area contributed by atoms with E-state index in [1.54, 1.807) is 0 Å². The number of benzene rings is 1. The normalized spacial score (nSPS) is 11.1. The average Bonchev–Trinajstić information content (AvgIpc) is 2.26. The zero-order valence-corrected chi connectivity index (χ0v) is 9.70. The molecule has 0 amide bonds. The fourth-order valence-corrected chi connectivity index (χ4v) is 2.37. The van der Waals surface area contributed by atoms with Crippen LogP contribution in [-0.2, 0) is 10.0 Å². The number of carbonyl (C=O) groups is 1. The standard InChI is InChI=1S/C10H12N2O4S/c1-2-5-12-17(15,16)9-4-3-7(11)6-8(9)10(13)14/h2-4,6,12H,1,5,11H2,(H,13,14). The van der Waals surface area contributed by atoms with Gasteiger partial charge in [0.15, 0.2) is 0 Å². The number of carboxylic acid groups (broad SMARTS) is 1. The van der Waals surface area contributed by atoms with Crippen molar-refractivity contribution in [2.75, 3.05) is 12.3 Å². The van der Waals surface area contributed by atoms with Crippen molar-refractivity contribution in [1.29, 1.82) is 0 Å². The lowest BCUT2D eigenvalue weighted by atomic mass is 10.2. The molecular weight excluding hydrogens is 244 g/mol. The van der Waals surface area contributed by atoms with Crippen molar-refractivity contribution in [3.05, 3.63) is 36.4 Å². The van der Waals surface area contributed by atoms with Crippen LogP contribution >= 0.6 is 0 Å². The lowest BCUT2D eigenvalue weighted by molar-refractivity contribution is 0.0692. The molecule has 1 rings (SSSR count). The molecule has 0 radical (unpaired) electrons. The first kappa shape index (κ1) is 13.2. The molecule has 1 aromatic rings. The Labute approximate surface area is 98.8 Å². The Kier molecular flexibility index (Phi) is 3.87. The number of rotatable bonds is 5. The number of nitrogens with one attached hydrogen (secondary N) is 1. The number of sulfonamides is 1. The monoisotopic (exact) mass is 256 g/mol. The van der Waals surface area contributed by atoms with Gasteiger partial charge in [-0.3, -0.25) is 0 Å². The molecule has 0 bridgehead atoms. The Balaban J connectivity index is 3.30. The number of hydrogen-bond acceptors (Lipinski definition) is 4. The van der Waals surface area contributed by atoms with Gasteiger partial charge in [-0.1, -0.05) is 6.08 Å². The molecule has 0 aliphatic heterocycles. The van der Waals surface area contributed by atoms with E-state index in [4.69, 9.17) is 10.8 Å². The SMILES string of the molecule is C=CCNS(=O)(=O)c1ccc(N)cc1C(=O)O. The van der Waals surface area contributed by atoms with Gasteiger partial charge in [-0.25, -0.2) is 17.9 Å². The van der Waals surface area contributed by atoms with Crippen LogP contribution < -0.4 is 10.5 Å². The average molecular weight is 256 g/mol. The third kappa shape index (κ3) is 3.05. The zero-order chi connectivity index (χ0) is 13.1. The number of aromatic carboxylic acids is 1. The highest BCUT2D eigenvalue weighted by Gasteiger charge is 2.21. The molecule has 0 aromatic heterocycles. The lowest BCUT2D eigenvalue weighted by Gasteiger charge is -2.08. The van der Waals surface area contributed by atoms with E-state index in [9.17, 15) is 13.2 Å². The van der Waals surface area contributed by atoms with Crippen molar-refractivity contribution in [3.8, 4) is 0 Å². The van der Waals surface area contributed by atoms with Gasteiger partial charge in [0, 0.05) is 12.2 Å². The zero-order valence-electron chi connectivity index (χ0n) is 8.88. The Morgan fingerprint density at radius 2 is 2.18 bits per heavy atom. The molecule has 0 aliphatic carbocycles. The van der Waals surface area contributed by atoms with Crippen molar-refractivity contribution in [1.82, 2.24) is 4.72 Å². The molecule has 0 saturated heterocycles. The quantitative estimate of drug-likeness (QED) is 0.523. The van der Waals surface area contributed by atoms with Crippen LogP contribution in [0.25, 0.3) is 0 Å². The molecule has 0 spiro atoms. The predicted molar refractivity (Wildman–Crippen MR) is 63.2 cm³/mol. The molecule has 1 aromatic carbocycles. The summed E-state index contributed by atoms with van der Waals surface area (Å²) >= 11 is 0. The summed E-state index contributed by atoms with van der Waals surface area (Å²) in [7, 11) is -3.87. The predicted octanol–water partition coefficient (Wildman–Crippen LogP) is 0.431. The molecule has 0 aliphatic rings. The second kappa shape index (κ2) is 4.98. The molecular formula is C10H12N2O4S. The summed E-state index contributed by atoms with van der Waals surface area (Å²) in [5.74, 6) is -1.35. The second-order valence-electron chi connectivity index (χ2n) is 3.20. The third-order valence-corrected chi connectivity index (χ3v) is 3.42. The summed E-state index contributed by atoms with van der Waals surface area (Å²) in [5, 5.41) is 8.91. The van der Waals surface area contributed by atoms with E-state index < -0.39 is 16.0 Å². The van der Waals surface area contributed by atoms with Crippen molar-refractivity contribution < 1.29 is 18.3 Å². The summed E-state index contributed by atoms with van der Waals surface area (Å²) < 4.78 is 25.7. The Morgan fingerprint density at radius 3 is 2.71 bits per heavy atom. The molecule has 4 N–H and O–H groups in total. The molecule has 7 heteroatoms. The first-order valence-corrected chi connectivity index (χ1v) is 6.10. The molecule has 0 fully saturated rings. The fourth-order valence-electron chi connectivity index (χ4n) is 1.20. The van der Waals surface area contributed by atoms with Crippen molar-refractivity contribution >= 4 is 21.7 Å². The van der Waals surface area contributed by atoms with Gasteiger partial charge in [0.2, 0.25) is 10.0 Å². The smallest absolute Gasteiger partial charge is 0.337 e. The van der Waals surface area contributed by atoms with Gasteiger partial charge in [-0.15, -0.1) is 6.58 Å². The van der Waals surface area contributed by atoms with Crippen LogP contribution in [-0.4, -0.2) is 26.0 Å². The first-order valence-electron chi connectivity index (χ1n) is 4.62. The molecule has 0 heterocycles. The second-order valence-corrected chi connectivity index (χ2v) is 4.94. The van der Waals surface area contributed by atoms with Crippen molar-refractivity contribution in [2.45, 2.75) is 4.90 Å². The van der Waals surface area contributed by atoms with Crippen molar-refractivity contribution in [2.24, 2.45) is 0 Å². The Bertz CT molecular complexity index is 551. The van der Waals surface area contributed by atoms with Gasteiger partial charge in [-0.2, -0.15) is 0 Å². The van der Waals surface area contributed by atoms with Crippen LogP contribution in [0.15, 0.2) is 35.7 Å². The highest BCUT2D eigenvalue weighted by molar-refractivity contribution is 7.89. The number of anilines is 1. The maximum Gasteiger partial charge on any atom is 0.337 e. The maximum absolute atomic E-state index is 11.8. The summed E-state index contributed by atoms with van der Waals surface area (Å²) in [5.41, 5.74) is 5.24. The minimum Gasteiger partial charge on any atom is -0.478 e. The van der Waals surface area contributed by atoms with Crippen LogP contribution in [0.3, 0.4) is 0 Å². The number of nitrogen functional groups attached to an aromatic ring is 1. The van der Waals surface area contributed by atoms with E-state index in [1.807, 2.05) is 0 Å². The number of nitrogens with two attached hydrogens (primary N) is 1. The Morgan fingerprint density at radius 1 is 1.53 bits per heavy atom. The maximum atomic E-state index is 11.8. The topological polar surface area (TPSA) is 109 Å². The molecule has 0 saturated carbocycles. The highest BCUT2D eigenvalue weighted by Crippen LogP contribution is 2.18. The largest absolute Gasteiger partial charge is 0.478 e. The van der Waals surface area contributed by atoms with Gasteiger partial charge >= 0.3 is 5.97 Å². The van der Waals surface area contributed by atoms with Crippen LogP contribution in [0, 0.1) is 0 Å². The Hall–Kier alpha value is -1.86. The fraction of sp³-hybridized carbons (Fsp3) is 0.100. The van der Waals surface area contributed by atoms with Gasteiger partial charge < -0.3 is 10.8 Å². The van der Waals surface area contributed by atoms with E-state index in [0.29, 0.717) is 0 Å². The highest BCUT2D eigenvalue weighted by atomic mass is 32.2. The minimum atomic E-state index is -3.87. The molecule has 0 atom stereocenters. The molecule has 17 heavy (non-hydrogen) atoms. The van der Waals surface area contributed by atoms with E-state index in [0.717, 1.165) is 12.1 Å². The molecule has 6 nitrogen and oxygen atoms in total. The van der Waals surface area contributed by atoms with Gasteiger partial charge in [0.25, 0.3) is 0 Å². The van der Waals surface area contributed by atoms with Crippen LogP contribution in [0.5, 0.6) is 0 Å². The van der Waals surface area contributed by atoms with Gasteiger partial charge in [0.1, 0.15) is 0 Å². The first-order chi connectivity index (χ1) is 7.88. The van der Waals surface area contributed by atoms with Crippen molar-refractivity contribution in [3.63, 3.8) is 0 Å².